The summed E-state index contributed by atoms with van der Waals surface area (Å²) in [5.74, 6) is 0.826. The number of benzene rings is 2. The van der Waals surface area contributed by atoms with Gasteiger partial charge in [-0.25, -0.2) is 8.42 Å². The van der Waals surface area contributed by atoms with Gasteiger partial charge in [0.1, 0.15) is 17.3 Å². The van der Waals surface area contributed by atoms with Gasteiger partial charge in [0.05, 0.1) is 24.1 Å². The van der Waals surface area contributed by atoms with Crippen LogP contribution < -0.4 is 10.5 Å². The Morgan fingerprint density at radius 2 is 1.90 bits per heavy atom. The van der Waals surface area contributed by atoms with Crippen LogP contribution in [0, 0.1) is 0 Å². The number of hydrogen-bond acceptors (Lipinski definition) is 5. The minimum atomic E-state index is -3.83. The highest BCUT2D eigenvalue weighted by molar-refractivity contribution is 7.89. The molecule has 0 spiro atoms. The van der Waals surface area contributed by atoms with Gasteiger partial charge in [0.25, 0.3) is 5.91 Å². The molecule has 2 heterocycles. The zero-order valence-electron chi connectivity index (χ0n) is 15.8. The number of amides is 1. The predicted molar refractivity (Wildman–Crippen MR) is 107 cm³/mol. The summed E-state index contributed by atoms with van der Waals surface area (Å²) in [7, 11) is -2.44. The Morgan fingerprint density at radius 1 is 1.14 bits per heavy atom. The average Bonchev–Trinajstić information content (AvgIpc) is 3.17. The maximum absolute atomic E-state index is 13.1. The number of carbonyl (C=O) groups is 1. The third-order valence-corrected chi connectivity index (χ3v) is 6.82. The van der Waals surface area contributed by atoms with Gasteiger partial charge in [-0.2, -0.15) is 4.31 Å². The highest BCUT2D eigenvalue weighted by atomic mass is 32.2. The number of nitrogens with zero attached hydrogens (tertiary/aromatic N) is 1. The molecule has 3 aromatic rings. The van der Waals surface area contributed by atoms with Crippen LogP contribution in [0.4, 0.5) is 0 Å². The van der Waals surface area contributed by atoms with Crippen molar-refractivity contribution in [2.75, 3.05) is 13.7 Å². The SMILES string of the molecule is COc1ccc(S(=O)(=O)N2CCc3cc(-c4ccccc4)oc3C2)cc1C(N)=O. The number of ether oxygens (including phenoxy) is 1. The molecule has 1 amide bonds. The van der Waals surface area contributed by atoms with E-state index in [9.17, 15) is 13.2 Å². The lowest BCUT2D eigenvalue weighted by atomic mass is 10.1. The molecule has 1 aromatic heterocycles. The van der Waals surface area contributed by atoms with E-state index < -0.39 is 15.9 Å². The van der Waals surface area contributed by atoms with Crippen molar-refractivity contribution in [3.8, 4) is 17.1 Å². The number of rotatable bonds is 5. The molecular formula is C21H20N2O5S. The number of carbonyl (C=O) groups excluding carboxylic acids is 1. The first-order chi connectivity index (χ1) is 13.9. The lowest BCUT2D eigenvalue weighted by molar-refractivity contribution is 0.0997. The largest absolute Gasteiger partial charge is 0.496 e. The van der Waals surface area contributed by atoms with E-state index in [0.29, 0.717) is 18.7 Å². The van der Waals surface area contributed by atoms with Crippen molar-refractivity contribution in [3.05, 3.63) is 71.5 Å². The summed E-state index contributed by atoms with van der Waals surface area (Å²) in [5, 5.41) is 0. The second-order valence-electron chi connectivity index (χ2n) is 6.74. The minimum absolute atomic E-state index is 0.00890. The fourth-order valence-corrected chi connectivity index (χ4v) is 4.86. The summed E-state index contributed by atoms with van der Waals surface area (Å²) in [5.41, 5.74) is 7.33. The van der Waals surface area contributed by atoms with Gasteiger partial charge in [0, 0.05) is 12.1 Å². The molecule has 7 nitrogen and oxygen atoms in total. The van der Waals surface area contributed by atoms with Crippen molar-refractivity contribution in [1.82, 2.24) is 4.31 Å². The molecule has 0 unspecified atom stereocenters. The Balaban J connectivity index is 1.64. The lowest BCUT2D eigenvalue weighted by Crippen LogP contribution is -2.35. The summed E-state index contributed by atoms with van der Waals surface area (Å²) in [6.45, 7) is 0.448. The maximum atomic E-state index is 13.1. The van der Waals surface area contributed by atoms with E-state index in [-0.39, 0.29) is 22.8 Å². The Bertz CT molecular complexity index is 1170. The van der Waals surface area contributed by atoms with Crippen molar-refractivity contribution in [1.29, 1.82) is 0 Å². The van der Waals surface area contributed by atoms with Crippen molar-refractivity contribution in [2.45, 2.75) is 17.9 Å². The number of furan rings is 1. The normalized spacial score (nSPS) is 14.4. The minimum Gasteiger partial charge on any atom is -0.496 e. The fourth-order valence-electron chi connectivity index (χ4n) is 3.44. The molecule has 2 N–H and O–H groups in total. The molecule has 0 fully saturated rings. The summed E-state index contributed by atoms with van der Waals surface area (Å²) < 4.78 is 38.7. The molecular weight excluding hydrogens is 392 g/mol. The van der Waals surface area contributed by atoms with Crippen LogP contribution in [-0.2, 0) is 23.0 Å². The van der Waals surface area contributed by atoms with Crippen LogP contribution in [0.2, 0.25) is 0 Å². The van der Waals surface area contributed by atoms with Gasteiger partial charge in [0.15, 0.2) is 0 Å². The predicted octanol–water partition coefficient (Wildman–Crippen LogP) is 2.80. The van der Waals surface area contributed by atoms with E-state index in [4.69, 9.17) is 14.9 Å². The van der Waals surface area contributed by atoms with E-state index in [2.05, 4.69) is 0 Å². The molecule has 0 aliphatic carbocycles. The van der Waals surface area contributed by atoms with Gasteiger partial charge in [0.2, 0.25) is 10.0 Å². The van der Waals surface area contributed by atoms with Gasteiger partial charge in [-0.15, -0.1) is 0 Å². The van der Waals surface area contributed by atoms with Gasteiger partial charge in [-0.05, 0) is 36.2 Å². The number of sulfonamides is 1. The Morgan fingerprint density at radius 3 is 2.59 bits per heavy atom. The highest BCUT2D eigenvalue weighted by Gasteiger charge is 2.31. The number of primary amides is 1. The Hall–Kier alpha value is -3.10. The quantitative estimate of drug-likeness (QED) is 0.694. The molecule has 1 aliphatic heterocycles. The smallest absolute Gasteiger partial charge is 0.252 e. The molecule has 0 saturated heterocycles. The molecule has 2 aromatic carbocycles. The van der Waals surface area contributed by atoms with Crippen molar-refractivity contribution in [2.24, 2.45) is 5.73 Å². The fraction of sp³-hybridized carbons (Fsp3) is 0.190. The summed E-state index contributed by atoms with van der Waals surface area (Å²) in [6.07, 6.45) is 0.545. The van der Waals surface area contributed by atoms with Crippen molar-refractivity contribution in [3.63, 3.8) is 0 Å². The highest BCUT2D eigenvalue weighted by Crippen LogP contribution is 2.32. The van der Waals surface area contributed by atoms with E-state index >= 15 is 0 Å². The first-order valence-corrected chi connectivity index (χ1v) is 10.5. The summed E-state index contributed by atoms with van der Waals surface area (Å²) >= 11 is 0. The third kappa shape index (κ3) is 3.52. The Labute approximate surface area is 168 Å². The monoisotopic (exact) mass is 412 g/mol. The summed E-state index contributed by atoms with van der Waals surface area (Å²) in [4.78, 5) is 11.6. The van der Waals surface area contributed by atoms with E-state index in [1.807, 2.05) is 36.4 Å². The van der Waals surface area contributed by atoms with E-state index in [0.717, 1.165) is 16.9 Å². The van der Waals surface area contributed by atoms with Crippen LogP contribution in [-0.4, -0.2) is 32.3 Å². The second-order valence-corrected chi connectivity index (χ2v) is 8.68. The number of fused-ring (bicyclic) bond motifs is 1. The topological polar surface area (TPSA) is 103 Å². The van der Waals surface area contributed by atoms with Crippen LogP contribution in [0.3, 0.4) is 0 Å². The van der Waals surface area contributed by atoms with Crippen molar-refractivity contribution >= 4 is 15.9 Å². The zero-order chi connectivity index (χ0) is 20.6. The number of hydrogen-bond donors (Lipinski definition) is 1. The molecule has 0 saturated carbocycles. The first-order valence-electron chi connectivity index (χ1n) is 9.05. The second kappa shape index (κ2) is 7.38. The zero-order valence-corrected chi connectivity index (χ0v) is 16.6. The summed E-state index contributed by atoms with van der Waals surface area (Å²) in [6, 6.07) is 15.7. The van der Waals surface area contributed by atoms with Gasteiger partial charge < -0.3 is 14.9 Å². The maximum Gasteiger partial charge on any atom is 0.252 e. The van der Waals surface area contributed by atoms with Crippen LogP contribution in [0.25, 0.3) is 11.3 Å². The van der Waals surface area contributed by atoms with Gasteiger partial charge >= 0.3 is 0 Å². The van der Waals surface area contributed by atoms with Gasteiger partial charge in [-0.1, -0.05) is 30.3 Å². The van der Waals surface area contributed by atoms with Gasteiger partial charge in [-0.3, -0.25) is 4.79 Å². The van der Waals surface area contributed by atoms with Crippen LogP contribution in [0.1, 0.15) is 21.7 Å². The van der Waals surface area contributed by atoms with E-state index in [1.54, 1.807) is 0 Å². The number of methoxy groups -OCH3 is 1. The molecule has 0 atom stereocenters. The van der Waals surface area contributed by atoms with Crippen LogP contribution >= 0.6 is 0 Å². The molecule has 8 heteroatoms. The van der Waals surface area contributed by atoms with Crippen molar-refractivity contribution < 1.29 is 22.4 Å². The first kappa shape index (κ1) is 19.2. The molecule has 1 aliphatic rings. The number of nitrogens with two attached hydrogens (primary N) is 1. The van der Waals surface area contributed by atoms with Crippen LogP contribution in [0.5, 0.6) is 5.75 Å². The van der Waals surface area contributed by atoms with E-state index in [1.165, 1.54) is 29.6 Å². The molecule has 150 valence electrons. The lowest BCUT2D eigenvalue weighted by Gasteiger charge is -2.25. The molecule has 4 rings (SSSR count). The molecule has 29 heavy (non-hydrogen) atoms. The molecule has 0 bridgehead atoms. The Kier molecular flexibility index (Phi) is 4.89. The molecule has 0 radical (unpaired) electrons. The standard InChI is InChI=1S/C21H20N2O5S/c1-27-18-8-7-16(12-17(18)21(22)24)29(25,26)23-10-9-15-11-19(28-20(15)13-23)14-5-3-2-4-6-14/h2-8,11-12H,9-10,13H2,1H3,(H2,22,24). The average molecular weight is 412 g/mol. The van der Waals surface area contributed by atoms with Crippen LogP contribution in [0.15, 0.2) is 63.9 Å². The third-order valence-electron chi connectivity index (χ3n) is 4.98.